The highest BCUT2D eigenvalue weighted by atomic mass is 32.2. The van der Waals surface area contributed by atoms with Gasteiger partial charge in [-0.1, -0.05) is 22.2 Å². The summed E-state index contributed by atoms with van der Waals surface area (Å²) in [5.74, 6) is -2.44. The van der Waals surface area contributed by atoms with E-state index < -0.39 is 49.2 Å². The van der Waals surface area contributed by atoms with E-state index in [0.29, 0.717) is 39.8 Å². The lowest BCUT2D eigenvalue weighted by Crippen LogP contribution is -2.05. The lowest BCUT2D eigenvalue weighted by Gasteiger charge is -2.10. The molecule has 0 fully saturated rings. The van der Waals surface area contributed by atoms with Crippen molar-refractivity contribution in [3.63, 3.8) is 0 Å². The summed E-state index contributed by atoms with van der Waals surface area (Å²) in [5, 5.41) is 73.1. The number of ether oxygens (including phenoxy) is 1. The maximum Gasteiger partial charge on any atom is 0.361 e. The second kappa shape index (κ2) is 22.2. The Morgan fingerprint density at radius 3 is 1.83 bits per heavy atom. The number of nitrogens with zero attached hydrogens (tertiary/aromatic N) is 8. The van der Waals surface area contributed by atoms with Crippen LogP contribution in [0.3, 0.4) is 0 Å². The lowest BCUT2D eigenvalue weighted by molar-refractivity contribution is -0.447. The van der Waals surface area contributed by atoms with Crippen molar-refractivity contribution in [1.29, 1.82) is 0 Å². The summed E-state index contributed by atoms with van der Waals surface area (Å²) in [5.41, 5.74) is -0.348. The average Bonchev–Trinajstić information content (AvgIpc) is 3.70. The van der Waals surface area contributed by atoms with Gasteiger partial charge in [0.15, 0.2) is 11.4 Å². The van der Waals surface area contributed by atoms with Crippen molar-refractivity contribution in [2.75, 3.05) is 35.5 Å². The Morgan fingerprint density at radius 2 is 1.20 bits per heavy atom. The van der Waals surface area contributed by atoms with Gasteiger partial charge in [0, 0.05) is 21.7 Å². The molecule has 0 unspecified atom stereocenters. The number of hydrogen-bond acceptors (Lipinski definition) is 26. The van der Waals surface area contributed by atoms with Crippen LogP contribution in [0, 0.1) is 0 Å². The fourth-order valence-electron chi connectivity index (χ4n) is 6.15. The van der Waals surface area contributed by atoms with Crippen LogP contribution in [0.25, 0.3) is 27.2 Å². The Kier molecular flexibility index (Phi) is 16.1. The maximum absolute atomic E-state index is 12.8. The topological polar surface area (TPSA) is 321 Å². The van der Waals surface area contributed by atoms with Crippen LogP contribution in [-0.4, -0.2) is 83.5 Å². The minimum atomic E-state index is -4.20. The molecule has 364 valence electrons. The molecule has 7 aromatic rings. The number of methoxy groups -OCH3 is 1. The van der Waals surface area contributed by atoms with Crippen molar-refractivity contribution < 1.29 is 78.6 Å². The molecule has 0 aliphatic heterocycles. The smallest absolute Gasteiger partial charge is 0.361 e. The third-order valence-corrected chi connectivity index (χ3v) is 13.2. The van der Waals surface area contributed by atoms with E-state index in [1.165, 1.54) is 80.9 Å². The van der Waals surface area contributed by atoms with Crippen LogP contribution in [0.15, 0.2) is 147 Å². The zero-order chi connectivity index (χ0) is 50.2. The first-order valence-corrected chi connectivity index (χ1v) is 23.6. The van der Waals surface area contributed by atoms with E-state index in [4.69, 9.17) is 17.6 Å². The summed E-state index contributed by atoms with van der Waals surface area (Å²) in [6.45, 7) is 0. The van der Waals surface area contributed by atoms with Gasteiger partial charge in [0.05, 0.1) is 92.2 Å². The van der Waals surface area contributed by atoms with E-state index in [0.717, 1.165) is 26.0 Å². The minimum Gasteiger partial charge on any atom is -0.506 e. The number of carbonyl (C=O) groups is 1. The molecule has 0 aliphatic carbocycles. The van der Waals surface area contributed by atoms with Crippen molar-refractivity contribution in [2.24, 2.45) is 30.7 Å². The Morgan fingerprint density at radius 1 is 0.614 bits per heavy atom. The summed E-state index contributed by atoms with van der Waals surface area (Å²) < 4.78 is 74.7. The Labute approximate surface area is 404 Å². The molecule has 0 amide bonds. The van der Waals surface area contributed by atoms with Gasteiger partial charge in [0.1, 0.15) is 22.0 Å². The van der Waals surface area contributed by atoms with E-state index in [-0.39, 0.29) is 65.3 Å². The SMILES string of the molecule is COOOSc1cc(S(=O)(=O)OC)c2cc(N=Nc3ccc(N=Nc4c(SOOOC)cc5ccc(N=Nc6c(C(=O)OC)nn(-c7ccc(S(=O)(=O)OC)cc7)c6O)cc5c4O)c(O)c3)ccc2c1. The molecule has 25 nitrogen and oxygen atoms in total. The molecule has 1 heterocycles. The number of aromatic hydroxyl groups is 3. The van der Waals surface area contributed by atoms with E-state index in [9.17, 15) is 36.9 Å². The number of esters is 1. The van der Waals surface area contributed by atoms with Crippen LogP contribution >= 0.6 is 24.1 Å². The van der Waals surface area contributed by atoms with Gasteiger partial charge in [-0.25, -0.2) is 14.6 Å². The molecule has 0 atom stereocenters. The largest absolute Gasteiger partial charge is 0.506 e. The molecule has 6 aromatic carbocycles. The second-order valence-corrected chi connectivity index (χ2v) is 18.4. The highest BCUT2D eigenvalue weighted by Crippen LogP contribution is 2.46. The van der Waals surface area contributed by atoms with Crippen molar-refractivity contribution in [3.8, 4) is 23.1 Å². The second-order valence-electron chi connectivity index (χ2n) is 13.5. The number of aromatic nitrogens is 2. The summed E-state index contributed by atoms with van der Waals surface area (Å²) >= 11 is 1.32. The highest BCUT2D eigenvalue weighted by molar-refractivity contribution is 7.95. The highest BCUT2D eigenvalue weighted by Gasteiger charge is 2.26. The lowest BCUT2D eigenvalue weighted by atomic mass is 10.1. The number of fused-ring (bicyclic) bond motifs is 2. The monoisotopic (exact) mass is 1040 g/mol. The van der Waals surface area contributed by atoms with Gasteiger partial charge >= 0.3 is 5.97 Å². The first kappa shape index (κ1) is 50.9. The number of azo groups is 3. The molecule has 0 bridgehead atoms. The van der Waals surface area contributed by atoms with Gasteiger partial charge in [0.25, 0.3) is 20.2 Å². The van der Waals surface area contributed by atoms with Crippen molar-refractivity contribution in [2.45, 2.75) is 19.6 Å². The third kappa shape index (κ3) is 11.4. The molecule has 0 saturated carbocycles. The number of hydrogen-bond donors (Lipinski definition) is 3. The molecule has 70 heavy (non-hydrogen) atoms. The zero-order valence-electron chi connectivity index (χ0n) is 36.5. The molecule has 0 aliphatic rings. The number of phenolic OH excluding ortho intramolecular Hbond substituents is 2. The predicted molar refractivity (Wildman–Crippen MR) is 245 cm³/mol. The number of rotatable bonds is 20. The summed E-state index contributed by atoms with van der Waals surface area (Å²) in [6, 6.07) is 22.8. The van der Waals surface area contributed by atoms with Crippen molar-refractivity contribution in [1.82, 2.24) is 9.78 Å². The molecule has 1 aromatic heterocycles. The Bertz CT molecular complexity index is 3430. The van der Waals surface area contributed by atoms with Crippen LogP contribution in [0.5, 0.6) is 17.4 Å². The molecular formula is C41H34N8O17S4. The minimum absolute atomic E-state index is 0.0580. The fraction of sp³-hybridized carbons (Fsp3) is 0.122. The van der Waals surface area contributed by atoms with Gasteiger partial charge in [-0.3, -0.25) is 8.37 Å². The molecule has 0 spiro atoms. The van der Waals surface area contributed by atoms with Crippen LogP contribution in [0.1, 0.15) is 10.5 Å². The summed E-state index contributed by atoms with van der Waals surface area (Å²) in [4.78, 5) is 21.8. The third-order valence-electron chi connectivity index (χ3n) is 9.41. The quantitative estimate of drug-likeness (QED) is 0.0121. The van der Waals surface area contributed by atoms with Crippen LogP contribution < -0.4 is 0 Å². The summed E-state index contributed by atoms with van der Waals surface area (Å²) in [7, 11) is -2.66. The molecule has 0 saturated heterocycles. The van der Waals surface area contributed by atoms with Crippen molar-refractivity contribution in [3.05, 3.63) is 103 Å². The van der Waals surface area contributed by atoms with Crippen LogP contribution in [0.2, 0.25) is 0 Å². The van der Waals surface area contributed by atoms with Crippen LogP contribution in [0.4, 0.5) is 34.1 Å². The van der Waals surface area contributed by atoms with E-state index in [2.05, 4.69) is 59.8 Å². The normalized spacial score (nSPS) is 12.4. The van der Waals surface area contributed by atoms with Crippen LogP contribution in [-0.2, 0) is 61.9 Å². The molecule has 7 rings (SSSR count). The Hall–Kier alpha value is -7.00. The van der Waals surface area contributed by atoms with Gasteiger partial charge in [0.2, 0.25) is 11.6 Å². The number of carbonyl (C=O) groups excluding carboxylic acids is 1. The van der Waals surface area contributed by atoms with Gasteiger partial charge < -0.3 is 20.1 Å². The first-order chi connectivity index (χ1) is 33.6. The standard InChI is InChI=1S/C41H34N8O17S4/c1-58-41(53)38-37(40(52)49(48-38)27-11-13-29(14-12-27)69(54,55)61-4)47-44-25-9-7-23-17-34(68-66-64-60-3)36(39(51)31(23)19-25)46-45-32-15-10-26(20-33(32)50)43-42-24-8-6-22-16-28(67-65-63-59-2)21-35(30(22)18-24)70(56,57)62-5/h6-21,50-52H,1-5H3. The molecule has 3 N–H and O–H groups in total. The van der Waals surface area contributed by atoms with Gasteiger partial charge in [-0.05, 0) is 89.6 Å². The Balaban J connectivity index is 1.17. The molecular weight excluding hydrogens is 1000 g/mol. The van der Waals surface area contributed by atoms with Crippen molar-refractivity contribution >= 4 is 106 Å². The number of phenols is 2. The van der Waals surface area contributed by atoms with E-state index in [1.54, 1.807) is 30.3 Å². The first-order valence-electron chi connectivity index (χ1n) is 19.3. The van der Waals surface area contributed by atoms with E-state index >= 15 is 0 Å². The number of benzene rings is 6. The maximum atomic E-state index is 12.8. The van der Waals surface area contributed by atoms with Gasteiger partial charge in [-0.2, -0.15) is 42.0 Å². The predicted octanol–water partition coefficient (Wildman–Crippen LogP) is 10.0. The molecule has 29 heteroatoms. The zero-order valence-corrected chi connectivity index (χ0v) is 39.8. The summed E-state index contributed by atoms with van der Waals surface area (Å²) in [6.07, 6.45) is 0. The average molecular weight is 1040 g/mol. The fourth-order valence-corrected chi connectivity index (χ4v) is 8.83. The van der Waals surface area contributed by atoms with E-state index in [1.807, 2.05) is 0 Å². The molecule has 0 radical (unpaired) electrons. The van der Waals surface area contributed by atoms with Gasteiger partial charge in [-0.15, -0.1) is 24.0 Å².